The first-order valence-corrected chi connectivity index (χ1v) is 8.62. The quantitative estimate of drug-likeness (QED) is 0.852. The molecule has 2 aromatic rings. The number of benzene rings is 2. The average molecular weight is 337 g/mol. The molecule has 1 N–H and O–H groups in total. The van der Waals surface area contributed by atoms with E-state index < -0.39 is 0 Å². The van der Waals surface area contributed by atoms with Crippen LogP contribution in [0.2, 0.25) is 0 Å². The number of hydrogen-bond donors (Lipinski definition) is 1. The zero-order chi connectivity index (χ0) is 17.5. The zero-order valence-electron chi connectivity index (χ0n) is 14.2. The van der Waals surface area contributed by atoms with E-state index in [0.29, 0.717) is 32.5 Å². The largest absolute Gasteiger partial charge is 0.489 e. The van der Waals surface area contributed by atoms with Gasteiger partial charge in [0.05, 0.1) is 6.10 Å². The van der Waals surface area contributed by atoms with E-state index in [4.69, 9.17) is 4.74 Å². The van der Waals surface area contributed by atoms with E-state index >= 15 is 0 Å². The number of aliphatic hydroxyl groups excluding tert-OH is 1. The third-order valence-corrected chi connectivity index (χ3v) is 4.30. The van der Waals surface area contributed by atoms with Crippen LogP contribution in [0.3, 0.4) is 0 Å². The second-order valence-corrected chi connectivity index (χ2v) is 6.24. The Morgan fingerprint density at radius 1 is 1.12 bits per heavy atom. The van der Waals surface area contributed by atoms with Crippen LogP contribution in [0.15, 0.2) is 60.7 Å². The van der Waals surface area contributed by atoms with Crippen LogP contribution < -0.4 is 4.74 Å². The molecule has 1 fully saturated rings. The standard InChI is InChI=1S/C21H23NO3/c23-19-11-13-22(14-12-19)21(24)10-9-17-7-4-8-20(15-17)25-16-18-5-2-1-3-6-18/h1-10,15,19,23H,11-14,16H2/b10-9+. The van der Waals surface area contributed by atoms with Gasteiger partial charge in [0.25, 0.3) is 0 Å². The number of rotatable bonds is 5. The van der Waals surface area contributed by atoms with Gasteiger partial charge in [-0.05, 0) is 42.2 Å². The maximum atomic E-state index is 12.2. The van der Waals surface area contributed by atoms with Gasteiger partial charge in [-0.25, -0.2) is 0 Å². The van der Waals surface area contributed by atoms with Gasteiger partial charge in [0, 0.05) is 19.2 Å². The Kier molecular flexibility index (Phi) is 5.86. The second kappa shape index (κ2) is 8.49. The zero-order valence-corrected chi connectivity index (χ0v) is 14.2. The topological polar surface area (TPSA) is 49.8 Å². The monoisotopic (exact) mass is 337 g/mol. The van der Waals surface area contributed by atoms with E-state index in [0.717, 1.165) is 16.9 Å². The van der Waals surface area contributed by atoms with Crippen LogP contribution in [0.1, 0.15) is 24.0 Å². The highest BCUT2D eigenvalue weighted by Crippen LogP contribution is 2.17. The summed E-state index contributed by atoms with van der Waals surface area (Å²) in [6.45, 7) is 1.75. The number of ether oxygens (including phenoxy) is 1. The van der Waals surface area contributed by atoms with Crippen molar-refractivity contribution < 1.29 is 14.6 Å². The lowest BCUT2D eigenvalue weighted by Gasteiger charge is -2.28. The molecular weight excluding hydrogens is 314 g/mol. The van der Waals surface area contributed by atoms with E-state index in [1.54, 1.807) is 11.0 Å². The molecule has 2 aromatic carbocycles. The summed E-state index contributed by atoms with van der Waals surface area (Å²) in [4.78, 5) is 14.0. The van der Waals surface area contributed by atoms with Crippen LogP contribution in [0, 0.1) is 0 Å². The molecule has 0 unspecified atom stereocenters. The minimum atomic E-state index is -0.272. The first-order chi connectivity index (χ1) is 12.2. The molecule has 4 nitrogen and oxygen atoms in total. The summed E-state index contributed by atoms with van der Waals surface area (Å²) in [6, 6.07) is 17.7. The van der Waals surface area contributed by atoms with Crippen molar-refractivity contribution >= 4 is 12.0 Å². The van der Waals surface area contributed by atoms with Crippen molar-refractivity contribution in [1.29, 1.82) is 0 Å². The summed E-state index contributed by atoms with van der Waals surface area (Å²) in [6.07, 6.45) is 4.44. The highest BCUT2D eigenvalue weighted by molar-refractivity contribution is 5.91. The molecule has 3 rings (SSSR count). The molecule has 0 spiro atoms. The minimum absolute atomic E-state index is 0.0116. The predicted molar refractivity (Wildman–Crippen MR) is 98.1 cm³/mol. The Labute approximate surface area is 148 Å². The van der Waals surface area contributed by atoms with Crippen LogP contribution in [-0.4, -0.2) is 35.1 Å². The highest BCUT2D eigenvalue weighted by atomic mass is 16.5. The van der Waals surface area contributed by atoms with Crippen molar-refractivity contribution in [3.63, 3.8) is 0 Å². The van der Waals surface area contributed by atoms with Gasteiger partial charge in [-0.2, -0.15) is 0 Å². The fraction of sp³-hybridized carbons (Fsp3) is 0.286. The Hall–Kier alpha value is -2.59. The summed E-state index contributed by atoms with van der Waals surface area (Å²) in [5, 5.41) is 9.51. The van der Waals surface area contributed by atoms with Gasteiger partial charge in [0.2, 0.25) is 5.91 Å². The number of aliphatic hydroxyl groups is 1. The SMILES string of the molecule is O=C(/C=C/c1cccc(OCc2ccccc2)c1)N1CCC(O)CC1. The van der Waals surface area contributed by atoms with Crippen molar-refractivity contribution in [2.45, 2.75) is 25.6 Å². The molecule has 0 radical (unpaired) electrons. The fourth-order valence-corrected chi connectivity index (χ4v) is 2.81. The summed E-state index contributed by atoms with van der Waals surface area (Å²) in [5.74, 6) is 0.766. The molecular formula is C21H23NO3. The predicted octanol–water partition coefficient (Wildman–Crippen LogP) is 3.26. The van der Waals surface area contributed by atoms with E-state index in [1.165, 1.54) is 0 Å². The van der Waals surface area contributed by atoms with Crippen LogP contribution in [-0.2, 0) is 11.4 Å². The van der Waals surface area contributed by atoms with Crippen LogP contribution in [0.25, 0.3) is 6.08 Å². The van der Waals surface area contributed by atoms with Crippen molar-refractivity contribution in [2.24, 2.45) is 0 Å². The van der Waals surface area contributed by atoms with Crippen LogP contribution in [0.4, 0.5) is 0 Å². The Bertz CT molecular complexity index is 719. The molecule has 25 heavy (non-hydrogen) atoms. The Balaban J connectivity index is 1.56. The number of nitrogens with zero attached hydrogens (tertiary/aromatic N) is 1. The van der Waals surface area contributed by atoms with Crippen LogP contribution in [0.5, 0.6) is 5.75 Å². The molecule has 1 aliphatic heterocycles. The molecule has 130 valence electrons. The van der Waals surface area contributed by atoms with Gasteiger partial charge in [-0.15, -0.1) is 0 Å². The summed E-state index contributed by atoms with van der Waals surface area (Å²) in [7, 11) is 0. The molecule has 0 aliphatic carbocycles. The molecule has 0 saturated carbocycles. The summed E-state index contributed by atoms with van der Waals surface area (Å²) < 4.78 is 5.81. The van der Waals surface area contributed by atoms with Gasteiger partial charge in [0.15, 0.2) is 0 Å². The molecule has 4 heteroatoms. The number of hydrogen-bond acceptors (Lipinski definition) is 3. The van der Waals surface area contributed by atoms with Gasteiger partial charge >= 0.3 is 0 Å². The number of carbonyl (C=O) groups excluding carboxylic acids is 1. The number of amides is 1. The molecule has 1 heterocycles. The molecule has 1 aliphatic rings. The van der Waals surface area contributed by atoms with E-state index in [2.05, 4.69) is 0 Å². The van der Waals surface area contributed by atoms with Crippen molar-refractivity contribution in [1.82, 2.24) is 4.90 Å². The summed E-state index contributed by atoms with van der Waals surface area (Å²) >= 11 is 0. The number of piperidine rings is 1. The Morgan fingerprint density at radius 3 is 2.64 bits per heavy atom. The molecule has 0 atom stereocenters. The van der Waals surface area contributed by atoms with E-state index in [9.17, 15) is 9.90 Å². The molecule has 0 bridgehead atoms. The smallest absolute Gasteiger partial charge is 0.246 e. The van der Waals surface area contributed by atoms with Crippen molar-refractivity contribution in [3.8, 4) is 5.75 Å². The molecule has 1 saturated heterocycles. The number of likely N-dealkylation sites (tertiary alicyclic amines) is 1. The van der Waals surface area contributed by atoms with Gasteiger partial charge < -0.3 is 14.7 Å². The van der Waals surface area contributed by atoms with Gasteiger partial charge in [-0.3, -0.25) is 4.79 Å². The fourth-order valence-electron chi connectivity index (χ4n) is 2.81. The third kappa shape index (κ3) is 5.19. The summed E-state index contributed by atoms with van der Waals surface area (Å²) in [5.41, 5.74) is 2.04. The minimum Gasteiger partial charge on any atom is -0.489 e. The van der Waals surface area contributed by atoms with Crippen molar-refractivity contribution in [3.05, 3.63) is 71.8 Å². The lowest BCUT2D eigenvalue weighted by molar-refractivity contribution is -0.127. The average Bonchev–Trinajstić information content (AvgIpc) is 2.66. The Morgan fingerprint density at radius 2 is 1.88 bits per heavy atom. The normalized spacial score (nSPS) is 15.5. The highest BCUT2D eigenvalue weighted by Gasteiger charge is 2.19. The van der Waals surface area contributed by atoms with E-state index in [-0.39, 0.29) is 12.0 Å². The lowest BCUT2D eigenvalue weighted by atomic mass is 10.1. The maximum Gasteiger partial charge on any atom is 0.246 e. The van der Waals surface area contributed by atoms with Gasteiger partial charge in [0.1, 0.15) is 12.4 Å². The van der Waals surface area contributed by atoms with Gasteiger partial charge in [-0.1, -0.05) is 42.5 Å². The van der Waals surface area contributed by atoms with Crippen LogP contribution >= 0.6 is 0 Å². The lowest BCUT2D eigenvalue weighted by Crippen LogP contribution is -2.39. The molecule has 1 amide bonds. The maximum absolute atomic E-state index is 12.2. The molecule has 0 aromatic heterocycles. The second-order valence-electron chi connectivity index (χ2n) is 6.24. The number of carbonyl (C=O) groups is 1. The third-order valence-electron chi connectivity index (χ3n) is 4.30. The first-order valence-electron chi connectivity index (χ1n) is 8.62. The first kappa shape index (κ1) is 17.2. The van der Waals surface area contributed by atoms with E-state index in [1.807, 2.05) is 60.7 Å². The van der Waals surface area contributed by atoms with Crippen molar-refractivity contribution in [2.75, 3.05) is 13.1 Å².